The van der Waals surface area contributed by atoms with Gasteiger partial charge < -0.3 is 15.2 Å². The quantitative estimate of drug-likeness (QED) is 0.562. The SMILES string of the molecule is CCNC(=NCCc1nc(C(F)(F)F)cs1)NCCc1c(C)noc1C. The minimum Gasteiger partial charge on any atom is -0.361 e. The maximum atomic E-state index is 12.6. The van der Waals surface area contributed by atoms with E-state index in [1.807, 2.05) is 20.8 Å². The second-order valence-corrected chi connectivity index (χ2v) is 6.56. The van der Waals surface area contributed by atoms with Gasteiger partial charge in [-0.1, -0.05) is 5.16 Å². The van der Waals surface area contributed by atoms with Gasteiger partial charge in [-0.05, 0) is 27.2 Å². The van der Waals surface area contributed by atoms with Gasteiger partial charge in [0.2, 0.25) is 0 Å². The number of alkyl halides is 3. The predicted octanol–water partition coefficient (Wildman–Crippen LogP) is 3.11. The number of guanidine groups is 1. The number of rotatable bonds is 7. The van der Waals surface area contributed by atoms with Crippen LogP contribution in [0, 0.1) is 13.8 Å². The van der Waals surface area contributed by atoms with E-state index in [0.29, 0.717) is 37.0 Å². The maximum Gasteiger partial charge on any atom is 0.434 e. The zero-order valence-corrected chi connectivity index (χ0v) is 15.7. The molecule has 0 aromatic carbocycles. The summed E-state index contributed by atoms with van der Waals surface area (Å²) in [5.74, 6) is 1.42. The van der Waals surface area contributed by atoms with E-state index in [0.717, 1.165) is 40.2 Å². The average Bonchev–Trinajstić information content (AvgIpc) is 3.16. The summed E-state index contributed by atoms with van der Waals surface area (Å²) >= 11 is 1.00. The van der Waals surface area contributed by atoms with Crippen LogP contribution in [0.3, 0.4) is 0 Å². The molecule has 0 unspecified atom stereocenters. The Kier molecular flexibility index (Phi) is 7.01. The van der Waals surface area contributed by atoms with E-state index < -0.39 is 11.9 Å². The monoisotopic (exact) mass is 389 g/mol. The Hall–Kier alpha value is -2.10. The first kappa shape index (κ1) is 20.2. The number of hydrogen-bond donors (Lipinski definition) is 2. The molecule has 0 fully saturated rings. The Morgan fingerprint density at radius 3 is 2.62 bits per heavy atom. The minimum absolute atomic E-state index is 0.353. The second-order valence-electron chi connectivity index (χ2n) is 5.61. The Morgan fingerprint density at radius 2 is 2.04 bits per heavy atom. The average molecular weight is 389 g/mol. The number of aryl methyl sites for hydroxylation is 2. The van der Waals surface area contributed by atoms with Crippen molar-refractivity contribution in [1.29, 1.82) is 0 Å². The highest BCUT2D eigenvalue weighted by Gasteiger charge is 2.33. The largest absolute Gasteiger partial charge is 0.434 e. The van der Waals surface area contributed by atoms with Crippen LogP contribution in [0.5, 0.6) is 0 Å². The summed E-state index contributed by atoms with van der Waals surface area (Å²) in [6.45, 7) is 7.40. The van der Waals surface area contributed by atoms with Crippen LogP contribution < -0.4 is 10.6 Å². The molecular formula is C16H22F3N5OS. The number of aliphatic imine (C=N–C) groups is 1. The number of nitrogens with one attached hydrogen (secondary N) is 2. The van der Waals surface area contributed by atoms with Crippen molar-refractivity contribution in [1.82, 2.24) is 20.8 Å². The first-order valence-electron chi connectivity index (χ1n) is 8.26. The highest BCUT2D eigenvalue weighted by molar-refractivity contribution is 7.09. The molecule has 0 saturated heterocycles. The first-order chi connectivity index (χ1) is 12.3. The van der Waals surface area contributed by atoms with E-state index in [2.05, 4.69) is 25.8 Å². The molecule has 0 atom stereocenters. The maximum absolute atomic E-state index is 12.6. The molecule has 0 amide bonds. The number of aromatic nitrogens is 2. The fraction of sp³-hybridized carbons (Fsp3) is 0.562. The zero-order chi connectivity index (χ0) is 19.2. The predicted molar refractivity (Wildman–Crippen MR) is 94.5 cm³/mol. The molecule has 2 rings (SSSR count). The van der Waals surface area contributed by atoms with E-state index in [9.17, 15) is 13.2 Å². The van der Waals surface area contributed by atoms with Gasteiger partial charge in [0, 0.05) is 37.0 Å². The van der Waals surface area contributed by atoms with Gasteiger partial charge in [-0.3, -0.25) is 4.99 Å². The van der Waals surface area contributed by atoms with Crippen LogP contribution in [0.25, 0.3) is 0 Å². The minimum atomic E-state index is -4.40. The Labute approximate surface area is 153 Å². The molecule has 2 heterocycles. The summed E-state index contributed by atoms with van der Waals surface area (Å²) in [4.78, 5) is 7.99. The van der Waals surface area contributed by atoms with Crippen molar-refractivity contribution < 1.29 is 17.7 Å². The number of hydrogen-bond acceptors (Lipinski definition) is 5. The van der Waals surface area contributed by atoms with Crippen LogP contribution in [0.15, 0.2) is 14.9 Å². The van der Waals surface area contributed by atoms with Gasteiger partial charge in [0.25, 0.3) is 0 Å². The van der Waals surface area contributed by atoms with E-state index in [1.165, 1.54) is 0 Å². The third kappa shape index (κ3) is 5.72. The van der Waals surface area contributed by atoms with E-state index in [4.69, 9.17) is 4.52 Å². The lowest BCUT2D eigenvalue weighted by molar-refractivity contribution is -0.140. The Morgan fingerprint density at radius 1 is 1.27 bits per heavy atom. The second kappa shape index (κ2) is 9.02. The van der Waals surface area contributed by atoms with Crippen molar-refractivity contribution in [3.63, 3.8) is 0 Å². The molecule has 0 saturated carbocycles. The molecule has 0 spiro atoms. The van der Waals surface area contributed by atoms with Crippen LogP contribution in [-0.4, -0.2) is 35.7 Å². The highest BCUT2D eigenvalue weighted by Crippen LogP contribution is 2.30. The zero-order valence-electron chi connectivity index (χ0n) is 14.9. The first-order valence-corrected chi connectivity index (χ1v) is 9.14. The van der Waals surface area contributed by atoms with E-state index in [-0.39, 0.29) is 0 Å². The van der Waals surface area contributed by atoms with Crippen molar-refractivity contribution in [2.75, 3.05) is 19.6 Å². The van der Waals surface area contributed by atoms with Crippen LogP contribution in [0.2, 0.25) is 0 Å². The molecule has 2 N–H and O–H groups in total. The van der Waals surface area contributed by atoms with Gasteiger partial charge in [-0.2, -0.15) is 13.2 Å². The lowest BCUT2D eigenvalue weighted by atomic mass is 10.1. The molecule has 0 aliphatic carbocycles. The standard InChI is InChI=1S/C16H22F3N5OS/c1-4-20-15(21-7-5-12-10(2)24-25-11(12)3)22-8-6-14-23-13(9-26-14)16(17,18)19/h9H,4-8H2,1-3H3,(H2,20,21,22). The molecule has 0 radical (unpaired) electrons. The highest BCUT2D eigenvalue weighted by atomic mass is 32.1. The summed E-state index contributed by atoms with van der Waals surface area (Å²) in [6.07, 6.45) is -3.29. The molecule has 26 heavy (non-hydrogen) atoms. The van der Waals surface area contributed by atoms with Gasteiger partial charge >= 0.3 is 6.18 Å². The summed E-state index contributed by atoms with van der Waals surface area (Å²) in [5.41, 5.74) is 1.09. The molecule has 10 heteroatoms. The topological polar surface area (TPSA) is 75.3 Å². The third-order valence-electron chi connectivity index (χ3n) is 3.63. The fourth-order valence-electron chi connectivity index (χ4n) is 2.33. The van der Waals surface area contributed by atoms with Crippen LogP contribution in [-0.2, 0) is 19.0 Å². The summed E-state index contributed by atoms with van der Waals surface area (Å²) in [7, 11) is 0. The molecule has 6 nitrogen and oxygen atoms in total. The molecular weight excluding hydrogens is 367 g/mol. The van der Waals surface area contributed by atoms with Gasteiger partial charge in [0.15, 0.2) is 11.7 Å². The smallest absolute Gasteiger partial charge is 0.361 e. The number of nitrogens with zero attached hydrogens (tertiary/aromatic N) is 3. The van der Waals surface area contributed by atoms with Crippen LogP contribution in [0.4, 0.5) is 13.2 Å². The molecule has 0 bridgehead atoms. The van der Waals surface area contributed by atoms with Crippen molar-refractivity contribution in [2.45, 2.75) is 39.8 Å². The van der Waals surface area contributed by atoms with E-state index in [1.54, 1.807) is 0 Å². The molecule has 2 aromatic heterocycles. The van der Waals surface area contributed by atoms with Gasteiger partial charge in [0.1, 0.15) is 5.76 Å². The van der Waals surface area contributed by atoms with Gasteiger partial charge in [-0.15, -0.1) is 11.3 Å². The molecule has 0 aliphatic heterocycles. The van der Waals surface area contributed by atoms with Crippen molar-refractivity contribution in [2.24, 2.45) is 4.99 Å². The lowest BCUT2D eigenvalue weighted by Crippen LogP contribution is -2.38. The molecule has 0 aliphatic rings. The normalized spacial score (nSPS) is 12.5. The van der Waals surface area contributed by atoms with E-state index >= 15 is 0 Å². The van der Waals surface area contributed by atoms with Crippen molar-refractivity contribution in [3.05, 3.63) is 33.1 Å². The molecule has 144 valence electrons. The molecule has 2 aromatic rings. The van der Waals surface area contributed by atoms with Gasteiger partial charge in [-0.25, -0.2) is 4.98 Å². The summed E-state index contributed by atoms with van der Waals surface area (Å²) in [5, 5.41) is 11.7. The van der Waals surface area contributed by atoms with Crippen molar-refractivity contribution in [3.8, 4) is 0 Å². The number of thiazole rings is 1. The summed E-state index contributed by atoms with van der Waals surface area (Å²) in [6, 6.07) is 0. The van der Waals surface area contributed by atoms with Gasteiger partial charge in [0.05, 0.1) is 10.7 Å². The van der Waals surface area contributed by atoms with Crippen LogP contribution in [0.1, 0.15) is 34.6 Å². The summed E-state index contributed by atoms with van der Waals surface area (Å²) < 4.78 is 42.8. The third-order valence-corrected chi connectivity index (χ3v) is 4.54. The fourth-order valence-corrected chi connectivity index (χ4v) is 3.12. The Balaban J connectivity index is 1.85. The lowest BCUT2D eigenvalue weighted by Gasteiger charge is -2.11. The van der Waals surface area contributed by atoms with Crippen LogP contribution >= 0.6 is 11.3 Å². The Bertz CT molecular complexity index is 719. The van der Waals surface area contributed by atoms with Crippen molar-refractivity contribution >= 4 is 17.3 Å². The number of halogens is 3.